The number of nitrogens with two attached hydrogens (primary N) is 3. The maximum absolute atomic E-state index is 13.8. The van der Waals surface area contributed by atoms with Gasteiger partial charge in [-0.2, -0.15) is 0 Å². The van der Waals surface area contributed by atoms with Gasteiger partial charge in [-0.1, -0.05) is 48.0 Å². The van der Waals surface area contributed by atoms with Crippen LogP contribution < -0.4 is 81.0 Å². The monoisotopic (exact) mass is 1230 g/mol. The van der Waals surface area contributed by atoms with Gasteiger partial charge in [-0.25, -0.2) is 9.97 Å². The molecule has 0 aliphatic carbocycles. The SMILES string of the molecule is CC[C@H](C)[C@H](NC(=O)CNC(=O)[C@H](C)NC(=O)[C@H](C)NC(=O)[C@H](Cc1cnc[nH]1)NC(=O)[C@H](CC(N)=O)NC(=O)CNC(=O)[C@H](C)NC(=O)CNC(=O)[C@@H](N)Cc1cnc[nH]1)C(=O)N[C@@H](CC(C)C)C(=O)N[C@H](C(=O)N[C@@H](CC(C)C)C(N)=O)[C@@H](C)O. The Kier molecular flexibility index (Phi) is 31.2. The van der Waals surface area contributed by atoms with Crippen LogP contribution in [0.15, 0.2) is 25.0 Å². The smallest absolute Gasteiger partial charge is 0.245 e. The molecular formula is C53H87N19O15. The Hall–Kier alpha value is -9.08. The van der Waals surface area contributed by atoms with Gasteiger partial charge in [0.25, 0.3) is 0 Å². The summed E-state index contributed by atoms with van der Waals surface area (Å²) in [6.45, 7) is 13.6. The lowest BCUT2D eigenvalue weighted by atomic mass is 9.96. The molecule has 2 aromatic rings. The second kappa shape index (κ2) is 36.7. The number of nitrogens with zero attached hydrogens (tertiary/aromatic N) is 2. The van der Waals surface area contributed by atoms with Crippen LogP contribution in [0, 0.1) is 17.8 Å². The number of hydrogen-bond donors (Lipinski definition) is 18. The summed E-state index contributed by atoms with van der Waals surface area (Å²) in [5.41, 5.74) is 17.6. The molecule has 14 amide bonds. The molecule has 0 radical (unpaired) electrons. The molecular weight excluding hydrogens is 1140 g/mol. The van der Waals surface area contributed by atoms with E-state index in [4.69, 9.17) is 17.2 Å². The third-order valence-corrected chi connectivity index (χ3v) is 13.1. The fraction of sp³-hybridized carbons (Fsp3) is 0.623. The summed E-state index contributed by atoms with van der Waals surface area (Å²) in [6, 6.07) is -13.3. The summed E-state index contributed by atoms with van der Waals surface area (Å²) in [4.78, 5) is 196. The van der Waals surface area contributed by atoms with Gasteiger partial charge in [0.2, 0.25) is 82.7 Å². The number of imidazole rings is 2. The predicted molar refractivity (Wildman–Crippen MR) is 309 cm³/mol. The summed E-state index contributed by atoms with van der Waals surface area (Å²) < 4.78 is 0. The van der Waals surface area contributed by atoms with Gasteiger partial charge < -0.3 is 96.1 Å². The number of aromatic nitrogens is 4. The molecule has 0 saturated heterocycles. The third kappa shape index (κ3) is 27.2. The molecule has 0 fully saturated rings. The summed E-state index contributed by atoms with van der Waals surface area (Å²) in [5, 5.41) is 39.4. The number of aliphatic hydroxyl groups is 1. The zero-order chi connectivity index (χ0) is 65.8. The summed E-state index contributed by atoms with van der Waals surface area (Å²) in [6.07, 6.45) is 3.74. The second-order valence-corrected chi connectivity index (χ2v) is 21.9. The minimum Gasteiger partial charge on any atom is -0.391 e. The minimum atomic E-state index is -1.70. The molecule has 21 N–H and O–H groups in total. The first-order valence-electron chi connectivity index (χ1n) is 28.2. The van der Waals surface area contributed by atoms with E-state index >= 15 is 0 Å². The summed E-state index contributed by atoms with van der Waals surface area (Å²) >= 11 is 0. The molecule has 0 aliphatic rings. The van der Waals surface area contributed by atoms with Gasteiger partial charge in [0, 0.05) is 36.6 Å². The van der Waals surface area contributed by atoms with E-state index in [1.807, 2.05) is 13.8 Å². The Bertz CT molecular complexity index is 2690. The fourth-order valence-corrected chi connectivity index (χ4v) is 8.09. The van der Waals surface area contributed by atoms with Crippen LogP contribution in [0.25, 0.3) is 0 Å². The van der Waals surface area contributed by atoms with Gasteiger partial charge in [0.1, 0.15) is 54.4 Å². The Labute approximate surface area is 502 Å². The van der Waals surface area contributed by atoms with E-state index < -0.39 is 181 Å². The van der Waals surface area contributed by atoms with E-state index in [2.05, 4.69) is 83.7 Å². The first-order valence-corrected chi connectivity index (χ1v) is 28.2. The van der Waals surface area contributed by atoms with Crippen molar-refractivity contribution in [3.63, 3.8) is 0 Å². The zero-order valence-electron chi connectivity index (χ0n) is 50.5. The highest BCUT2D eigenvalue weighted by Gasteiger charge is 2.36. The number of nitrogens with one attached hydrogen (secondary N) is 14. The molecule has 2 aromatic heterocycles. The summed E-state index contributed by atoms with van der Waals surface area (Å²) in [7, 11) is 0. The van der Waals surface area contributed by atoms with E-state index in [0.717, 1.165) is 0 Å². The molecule has 0 unspecified atom stereocenters. The molecule has 0 saturated carbocycles. The zero-order valence-corrected chi connectivity index (χ0v) is 50.5. The molecule has 0 aromatic carbocycles. The molecule has 12 atom stereocenters. The van der Waals surface area contributed by atoms with Crippen molar-refractivity contribution in [1.82, 2.24) is 83.7 Å². The maximum atomic E-state index is 13.8. The van der Waals surface area contributed by atoms with Crippen LogP contribution in [-0.4, -0.2) is 194 Å². The van der Waals surface area contributed by atoms with Crippen molar-refractivity contribution in [1.29, 1.82) is 0 Å². The second-order valence-electron chi connectivity index (χ2n) is 21.9. The minimum absolute atomic E-state index is 0.0413. The van der Waals surface area contributed by atoms with Gasteiger partial charge in [-0.15, -0.1) is 0 Å². The van der Waals surface area contributed by atoms with E-state index in [0.29, 0.717) is 17.8 Å². The molecule has 2 heterocycles. The summed E-state index contributed by atoms with van der Waals surface area (Å²) in [5.74, 6) is -13.0. The van der Waals surface area contributed by atoms with Crippen molar-refractivity contribution in [2.45, 2.75) is 174 Å². The maximum Gasteiger partial charge on any atom is 0.245 e. The average molecular weight is 1230 g/mol. The highest BCUT2D eigenvalue weighted by atomic mass is 16.3. The number of aromatic amines is 2. The number of amides is 14. The molecule has 2 rings (SSSR count). The normalized spacial score (nSPS) is 15.2. The number of aliphatic hydroxyl groups excluding tert-OH is 1. The van der Waals surface area contributed by atoms with Crippen LogP contribution in [0.5, 0.6) is 0 Å². The quantitative estimate of drug-likeness (QED) is 0.0297. The Balaban J connectivity index is 2.05. The van der Waals surface area contributed by atoms with Gasteiger partial charge in [0.05, 0.1) is 50.9 Å². The first kappa shape index (κ1) is 74.0. The van der Waals surface area contributed by atoms with Crippen LogP contribution in [0.2, 0.25) is 0 Å². The highest BCUT2D eigenvalue weighted by molar-refractivity contribution is 5.99. The molecule has 34 nitrogen and oxygen atoms in total. The molecule has 87 heavy (non-hydrogen) atoms. The van der Waals surface area contributed by atoms with Crippen molar-refractivity contribution in [2.24, 2.45) is 35.0 Å². The average Bonchev–Trinajstić information content (AvgIpc) is 4.31. The number of H-pyrrole nitrogens is 2. The number of rotatable bonds is 38. The predicted octanol–water partition coefficient (Wildman–Crippen LogP) is -7.10. The van der Waals surface area contributed by atoms with E-state index in [1.165, 1.54) is 52.7 Å². The Morgan fingerprint density at radius 3 is 1.39 bits per heavy atom. The van der Waals surface area contributed by atoms with Gasteiger partial charge in [-0.05, 0) is 58.3 Å². The lowest BCUT2D eigenvalue weighted by molar-refractivity contribution is -0.136. The van der Waals surface area contributed by atoms with E-state index in [-0.39, 0.29) is 37.5 Å². The van der Waals surface area contributed by atoms with Crippen LogP contribution in [-0.2, 0) is 80.0 Å². The standard InChI is InChI=1S/C53H87N19O15/c1-11-26(6)42(52(86)70-35(13-25(4)5)51(85)72-43(30(10)73)53(87)68-34(44(56)78)12-24(2)3)71-41(77)21-60-46(80)28(8)65-47(81)29(9)66-49(83)36(15-32-18-58-23-63-32)69-50(84)37(16-38(55)74)67-40(76)20-59-45(79)27(7)64-39(75)19-61-48(82)33(54)14-31-17-57-22-62-31/h17-18,22-30,33-37,42-43,73H,11-16,19-21,54H2,1-10H3,(H2,55,74)(H2,56,78)(H,57,62)(H,58,63)(H,59,79)(H,60,80)(H,61,82)(H,64,75)(H,65,81)(H,66,83)(H,67,76)(H,68,87)(H,69,84)(H,70,86)(H,71,77)(H,72,85)/t26-,27-,28-,29-,30+,33-,34-,35-,36-,37-,42-,43-/m0/s1. The van der Waals surface area contributed by atoms with E-state index in [1.54, 1.807) is 27.7 Å². The number of carbonyl (C=O) groups excluding carboxylic acids is 14. The van der Waals surface area contributed by atoms with Crippen LogP contribution >= 0.6 is 0 Å². The van der Waals surface area contributed by atoms with Gasteiger partial charge >= 0.3 is 0 Å². The lowest BCUT2D eigenvalue weighted by Gasteiger charge is -2.29. The molecule has 34 heteroatoms. The third-order valence-electron chi connectivity index (χ3n) is 13.1. The van der Waals surface area contributed by atoms with Crippen molar-refractivity contribution < 1.29 is 72.2 Å². The number of carbonyl (C=O) groups is 14. The molecule has 0 bridgehead atoms. The van der Waals surface area contributed by atoms with Crippen molar-refractivity contribution in [2.75, 3.05) is 19.6 Å². The van der Waals surface area contributed by atoms with Crippen molar-refractivity contribution >= 4 is 82.7 Å². The molecule has 484 valence electrons. The molecule has 0 spiro atoms. The number of hydrogen-bond acceptors (Lipinski definition) is 18. The van der Waals surface area contributed by atoms with Crippen molar-refractivity contribution in [3.05, 3.63) is 36.4 Å². The topological polar surface area (TPSA) is 539 Å². The Morgan fingerprint density at radius 2 is 0.897 bits per heavy atom. The first-order chi connectivity index (χ1) is 40.7. The van der Waals surface area contributed by atoms with Crippen LogP contribution in [0.4, 0.5) is 0 Å². The van der Waals surface area contributed by atoms with E-state index in [9.17, 15) is 72.2 Å². The highest BCUT2D eigenvalue weighted by Crippen LogP contribution is 2.13. The largest absolute Gasteiger partial charge is 0.391 e. The molecule has 0 aliphatic heterocycles. The van der Waals surface area contributed by atoms with Crippen molar-refractivity contribution in [3.8, 4) is 0 Å². The number of primary amides is 2. The lowest BCUT2D eigenvalue weighted by Crippen LogP contribution is -2.61. The fourth-order valence-electron chi connectivity index (χ4n) is 8.09. The van der Waals surface area contributed by atoms with Gasteiger partial charge in [0.15, 0.2) is 0 Å². The van der Waals surface area contributed by atoms with Crippen LogP contribution in [0.1, 0.15) is 106 Å². The van der Waals surface area contributed by atoms with Gasteiger partial charge in [-0.3, -0.25) is 67.1 Å². The van der Waals surface area contributed by atoms with Crippen LogP contribution in [0.3, 0.4) is 0 Å². The Morgan fingerprint density at radius 1 is 0.471 bits per heavy atom.